The van der Waals surface area contributed by atoms with Gasteiger partial charge in [0.05, 0.1) is 0 Å². The van der Waals surface area contributed by atoms with Crippen LogP contribution in [0.5, 0.6) is 0 Å². The molecular formula is C27H36N2O. The number of unbranched alkanes of at least 4 members (excludes halogenated alkanes) is 2. The minimum atomic E-state index is 0.156. The summed E-state index contributed by atoms with van der Waals surface area (Å²) in [7, 11) is 0. The van der Waals surface area contributed by atoms with Crippen molar-refractivity contribution in [2.24, 2.45) is 5.92 Å². The molecule has 0 aromatic heterocycles. The molecule has 2 aromatic rings. The molecule has 30 heavy (non-hydrogen) atoms. The van der Waals surface area contributed by atoms with Crippen molar-refractivity contribution in [3.8, 4) is 0 Å². The van der Waals surface area contributed by atoms with Crippen molar-refractivity contribution in [1.82, 2.24) is 10.2 Å². The lowest BCUT2D eigenvalue weighted by molar-refractivity contribution is 0.0732. The third-order valence-electron chi connectivity index (χ3n) is 5.91. The maximum absolute atomic E-state index is 13.4. The highest BCUT2D eigenvalue weighted by Gasteiger charge is 2.22. The van der Waals surface area contributed by atoms with E-state index in [4.69, 9.17) is 0 Å². The van der Waals surface area contributed by atoms with Gasteiger partial charge in [0.25, 0.3) is 5.91 Å². The van der Waals surface area contributed by atoms with E-state index in [1.807, 2.05) is 30.3 Å². The van der Waals surface area contributed by atoms with Crippen molar-refractivity contribution in [3.63, 3.8) is 0 Å². The quantitative estimate of drug-likeness (QED) is 0.508. The molecule has 1 aliphatic rings. The molecule has 0 spiro atoms. The van der Waals surface area contributed by atoms with Crippen molar-refractivity contribution in [1.29, 1.82) is 0 Å². The highest BCUT2D eigenvalue weighted by Crippen LogP contribution is 2.20. The van der Waals surface area contributed by atoms with Gasteiger partial charge in [-0.1, -0.05) is 79.9 Å². The lowest BCUT2D eigenvalue weighted by Crippen LogP contribution is -2.40. The van der Waals surface area contributed by atoms with Crippen molar-refractivity contribution in [2.45, 2.75) is 45.4 Å². The standard InChI is InChI=1S/C27H36N2O/c1-2-3-6-13-25(20-23-11-7-4-8-12-23)22-29(21-24-16-18-28-19-17-24)27(30)26-14-9-5-10-15-26/h4-5,7-12,14-15,20,24,28H,2-3,6,13,16-19,21-22H2,1H3. The van der Waals surface area contributed by atoms with Crippen LogP contribution in [0.15, 0.2) is 66.2 Å². The van der Waals surface area contributed by atoms with E-state index in [0.717, 1.165) is 51.0 Å². The van der Waals surface area contributed by atoms with Gasteiger partial charge < -0.3 is 10.2 Å². The topological polar surface area (TPSA) is 32.3 Å². The van der Waals surface area contributed by atoms with Crippen molar-refractivity contribution in [2.75, 3.05) is 26.2 Å². The molecule has 0 bridgehead atoms. The molecule has 0 atom stereocenters. The Morgan fingerprint density at radius 1 is 1.00 bits per heavy atom. The largest absolute Gasteiger partial charge is 0.334 e. The molecule has 3 nitrogen and oxygen atoms in total. The maximum atomic E-state index is 13.4. The molecule has 1 amide bonds. The zero-order valence-corrected chi connectivity index (χ0v) is 18.4. The summed E-state index contributed by atoms with van der Waals surface area (Å²) in [5.41, 5.74) is 3.37. The van der Waals surface area contributed by atoms with E-state index in [9.17, 15) is 4.79 Å². The van der Waals surface area contributed by atoms with Gasteiger partial charge in [0.15, 0.2) is 0 Å². The van der Waals surface area contributed by atoms with Crippen molar-refractivity contribution >= 4 is 12.0 Å². The number of hydrogen-bond donors (Lipinski definition) is 1. The first-order valence-electron chi connectivity index (χ1n) is 11.6. The lowest BCUT2D eigenvalue weighted by atomic mass is 9.96. The van der Waals surface area contributed by atoms with Gasteiger partial charge in [-0.15, -0.1) is 0 Å². The smallest absolute Gasteiger partial charge is 0.254 e. The minimum absolute atomic E-state index is 0.156. The van der Waals surface area contributed by atoms with Crippen LogP contribution in [0.4, 0.5) is 0 Å². The minimum Gasteiger partial charge on any atom is -0.334 e. The van der Waals surface area contributed by atoms with Crippen molar-refractivity contribution in [3.05, 3.63) is 77.4 Å². The first-order chi connectivity index (χ1) is 14.8. The van der Waals surface area contributed by atoms with Crippen LogP contribution in [0, 0.1) is 5.92 Å². The number of amides is 1. The van der Waals surface area contributed by atoms with Gasteiger partial charge in [0.2, 0.25) is 0 Å². The monoisotopic (exact) mass is 404 g/mol. The molecule has 0 radical (unpaired) electrons. The van der Waals surface area contributed by atoms with E-state index < -0.39 is 0 Å². The van der Waals surface area contributed by atoms with E-state index in [0.29, 0.717) is 5.92 Å². The summed E-state index contributed by atoms with van der Waals surface area (Å²) in [6.07, 6.45) is 9.25. The summed E-state index contributed by atoms with van der Waals surface area (Å²) in [4.78, 5) is 15.5. The summed E-state index contributed by atoms with van der Waals surface area (Å²) in [6, 6.07) is 20.3. The number of benzene rings is 2. The third-order valence-corrected chi connectivity index (χ3v) is 5.91. The Balaban J connectivity index is 1.81. The first kappa shape index (κ1) is 22.3. The van der Waals surface area contributed by atoms with Crippen LogP contribution < -0.4 is 5.32 Å². The average Bonchev–Trinajstić information content (AvgIpc) is 2.80. The van der Waals surface area contributed by atoms with Crippen LogP contribution >= 0.6 is 0 Å². The molecule has 1 heterocycles. The van der Waals surface area contributed by atoms with E-state index in [2.05, 4.69) is 53.5 Å². The van der Waals surface area contributed by atoms with Crippen LogP contribution in [0.3, 0.4) is 0 Å². The second-order valence-electron chi connectivity index (χ2n) is 8.42. The van der Waals surface area contributed by atoms with Gasteiger partial charge >= 0.3 is 0 Å². The molecular weight excluding hydrogens is 368 g/mol. The molecule has 3 rings (SSSR count). The second-order valence-corrected chi connectivity index (χ2v) is 8.42. The number of nitrogens with zero attached hydrogens (tertiary/aromatic N) is 1. The molecule has 2 aromatic carbocycles. The molecule has 1 aliphatic heterocycles. The number of carbonyl (C=O) groups is 1. The molecule has 1 fully saturated rings. The van der Waals surface area contributed by atoms with Gasteiger partial charge in [-0.05, 0) is 62.4 Å². The average molecular weight is 405 g/mol. The zero-order valence-electron chi connectivity index (χ0n) is 18.4. The van der Waals surface area contributed by atoms with Crippen LogP contribution in [0.25, 0.3) is 6.08 Å². The molecule has 1 saturated heterocycles. The molecule has 3 heteroatoms. The fraction of sp³-hybridized carbons (Fsp3) is 0.444. The summed E-state index contributed by atoms with van der Waals surface area (Å²) in [5, 5.41) is 3.44. The molecule has 0 unspecified atom stereocenters. The fourth-order valence-electron chi connectivity index (χ4n) is 4.19. The van der Waals surface area contributed by atoms with E-state index in [-0.39, 0.29) is 5.91 Å². The molecule has 0 saturated carbocycles. The Morgan fingerprint density at radius 2 is 1.67 bits per heavy atom. The number of rotatable bonds is 10. The van der Waals surface area contributed by atoms with E-state index in [1.165, 1.54) is 30.4 Å². The number of carbonyl (C=O) groups excluding carboxylic acids is 1. The van der Waals surface area contributed by atoms with Gasteiger partial charge in [-0.3, -0.25) is 4.79 Å². The number of piperidine rings is 1. The zero-order chi connectivity index (χ0) is 21.0. The lowest BCUT2D eigenvalue weighted by Gasteiger charge is -2.31. The van der Waals surface area contributed by atoms with Crippen LogP contribution in [-0.4, -0.2) is 37.0 Å². The van der Waals surface area contributed by atoms with E-state index in [1.54, 1.807) is 0 Å². The second kappa shape index (κ2) is 12.3. The third kappa shape index (κ3) is 7.14. The fourth-order valence-corrected chi connectivity index (χ4v) is 4.19. The van der Waals surface area contributed by atoms with Crippen molar-refractivity contribution < 1.29 is 4.79 Å². The molecule has 0 aliphatic carbocycles. The Kier molecular flexibility index (Phi) is 9.17. The van der Waals surface area contributed by atoms with Gasteiger partial charge in [-0.2, -0.15) is 0 Å². The highest BCUT2D eigenvalue weighted by atomic mass is 16.2. The number of nitrogens with one attached hydrogen (secondary N) is 1. The predicted molar refractivity (Wildman–Crippen MR) is 127 cm³/mol. The van der Waals surface area contributed by atoms with Gasteiger partial charge in [-0.25, -0.2) is 0 Å². The molecule has 1 N–H and O–H groups in total. The van der Waals surface area contributed by atoms with Crippen LogP contribution in [0.2, 0.25) is 0 Å². The SMILES string of the molecule is CCCCCC(=Cc1ccccc1)CN(CC1CCNCC1)C(=O)c1ccccc1. The predicted octanol–water partition coefficient (Wildman–Crippen LogP) is 5.79. The summed E-state index contributed by atoms with van der Waals surface area (Å²) < 4.78 is 0. The van der Waals surface area contributed by atoms with Gasteiger partial charge in [0, 0.05) is 18.7 Å². The summed E-state index contributed by atoms with van der Waals surface area (Å²) in [5.74, 6) is 0.733. The summed E-state index contributed by atoms with van der Waals surface area (Å²) >= 11 is 0. The van der Waals surface area contributed by atoms with Crippen LogP contribution in [0.1, 0.15) is 61.4 Å². The number of hydrogen-bond acceptors (Lipinski definition) is 2. The Labute approximate surface area is 182 Å². The maximum Gasteiger partial charge on any atom is 0.254 e. The Hall–Kier alpha value is -2.39. The molecule has 160 valence electrons. The Morgan fingerprint density at radius 3 is 2.33 bits per heavy atom. The normalized spacial score (nSPS) is 15.2. The van der Waals surface area contributed by atoms with Gasteiger partial charge in [0.1, 0.15) is 0 Å². The van der Waals surface area contributed by atoms with Crippen LogP contribution in [-0.2, 0) is 0 Å². The highest BCUT2D eigenvalue weighted by molar-refractivity contribution is 5.94. The first-order valence-corrected chi connectivity index (χ1v) is 11.6. The van der Waals surface area contributed by atoms with E-state index >= 15 is 0 Å². The summed E-state index contributed by atoms with van der Waals surface area (Å²) in [6.45, 7) is 5.91. The Bertz CT molecular complexity index is 779.